The molecular formula is C18H24N4O3S. The second-order valence-corrected chi connectivity index (χ2v) is 8.43. The summed E-state index contributed by atoms with van der Waals surface area (Å²) >= 11 is 1.59. The average molecular weight is 376 g/mol. The fraction of sp³-hybridized carbons (Fsp3) is 0.611. The molecule has 2 aromatic rings. The van der Waals surface area contributed by atoms with Gasteiger partial charge in [0, 0.05) is 54.7 Å². The number of rotatable bonds is 4. The maximum Gasteiger partial charge on any atom is 0.223 e. The van der Waals surface area contributed by atoms with Gasteiger partial charge in [-0.1, -0.05) is 5.16 Å². The Labute approximate surface area is 156 Å². The third kappa shape index (κ3) is 3.54. The van der Waals surface area contributed by atoms with Crippen molar-refractivity contribution < 1.29 is 14.1 Å². The zero-order valence-electron chi connectivity index (χ0n) is 15.2. The Hall–Kier alpha value is -1.77. The Kier molecular flexibility index (Phi) is 4.81. The minimum atomic E-state index is -0.142. The number of carbonyl (C=O) groups is 1. The lowest BCUT2D eigenvalue weighted by Crippen LogP contribution is -2.40. The number of amides is 1. The van der Waals surface area contributed by atoms with Crippen LogP contribution in [0.3, 0.4) is 0 Å². The maximum atomic E-state index is 12.6. The van der Waals surface area contributed by atoms with Gasteiger partial charge in [-0.15, -0.1) is 11.3 Å². The topological polar surface area (TPSA) is 71.7 Å². The van der Waals surface area contributed by atoms with Crippen LogP contribution in [0.1, 0.15) is 28.3 Å². The zero-order valence-corrected chi connectivity index (χ0v) is 16.0. The lowest BCUT2D eigenvalue weighted by Gasteiger charge is -2.31. The van der Waals surface area contributed by atoms with Crippen LogP contribution >= 0.6 is 11.3 Å². The monoisotopic (exact) mass is 376 g/mol. The van der Waals surface area contributed by atoms with Gasteiger partial charge in [0.2, 0.25) is 5.91 Å². The van der Waals surface area contributed by atoms with Gasteiger partial charge in [0.25, 0.3) is 0 Å². The first-order valence-corrected chi connectivity index (χ1v) is 9.80. The van der Waals surface area contributed by atoms with E-state index in [9.17, 15) is 4.79 Å². The molecule has 2 fully saturated rings. The molecule has 0 aliphatic carbocycles. The van der Waals surface area contributed by atoms with E-state index in [2.05, 4.69) is 15.0 Å². The Morgan fingerprint density at radius 1 is 1.31 bits per heavy atom. The number of aryl methyl sites for hydroxylation is 2. The van der Waals surface area contributed by atoms with Crippen molar-refractivity contribution in [2.45, 2.75) is 33.4 Å². The van der Waals surface area contributed by atoms with Crippen LogP contribution in [-0.4, -0.2) is 58.7 Å². The number of nitrogens with zero attached hydrogens (tertiary/aromatic N) is 4. The van der Waals surface area contributed by atoms with Crippen LogP contribution in [0.2, 0.25) is 0 Å². The van der Waals surface area contributed by atoms with Gasteiger partial charge < -0.3 is 14.2 Å². The van der Waals surface area contributed by atoms with Crippen LogP contribution in [0.4, 0.5) is 0 Å². The van der Waals surface area contributed by atoms with Crippen molar-refractivity contribution in [2.75, 3.05) is 32.8 Å². The quantitative estimate of drug-likeness (QED) is 0.813. The number of carbonyl (C=O) groups excluding carboxylic acids is 1. The summed E-state index contributed by atoms with van der Waals surface area (Å²) in [7, 11) is 0. The molecule has 2 saturated heterocycles. The van der Waals surface area contributed by atoms with E-state index in [-0.39, 0.29) is 11.3 Å². The van der Waals surface area contributed by atoms with E-state index in [0.717, 1.165) is 48.1 Å². The van der Waals surface area contributed by atoms with Gasteiger partial charge in [-0.2, -0.15) is 0 Å². The molecule has 0 saturated carbocycles. The van der Waals surface area contributed by atoms with Gasteiger partial charge in [-0.3, -0.25) is 14.7 Å². The van der Waals surface area contributed by atoms with Crippen molar-refractivity contribution >= 4 is 17.2 Å². The van der Waals surface area contributed by atoms with Gasteiger partial charge in [0.1, 0.15) is 5.76 Å². The van der Waals surface area contributed by atoms with Crippen molar-refractivity contribution in [1.82, 2.24) is 19.9 Å². The first-order chi connectivity index (χ1) is 12.5. The maximum absolute atomic E-state index is 12.6. The first-order valence-electron chi connectivity index (χ1n) is 8.92. The summed E-state index contributed by atoms with van der Waals surface area (Å²) in [5.74, 6) is 1.08. The summed E-state index contributed by atoms with van der Waals surface area (Å²) in [4.78, 5) is 22.2. The molecule has 140 valence electrons. The standard InChI is InChI=1S/C18H24N4O3S/c1-13-16(14(2)25-20-13)8-21-3-4-24-11-18(9-21)5-17(23)22(10-18)7-15-6-19-12-26-15/h6,12H,3-5,7-11H2,1-2H3/t18-/m0/s1. The summed E-state index contributed by atoms with van der Waals surface area (Å²) in [5.41, 5.74) is 3.76. The smallest absolute Gasteiger partial charge is 0.223 e. The number of hydrogen-bond donors (Lipinski definition) is 0. The summed E-state index contributed by atoms with van der Waals surface area (Å²) in [6.07, 6.45) is 2.39. The second-order valence-electron chi connectivity index (χ2n) is 7.46. The van der Waals surface area contributed by atoms with E-state index < -0.39 is 0 Å². The summed E-state index contributed by atoms with van der Waals surface area (Å²) < 4.78 is 11.2. The highest BCUT2D eigenvalue weighted by Gasteiger charge is 2.45. The molecule has 0 unspecified atom stereocenters. The third-order valence-electron chi connectivity index (χ3n) is 5.32. The highest BCUT2D eigenvalue weighted by Crippen LogP contribution is 2.36. The van der Waals surface area contributed by atoms with E-state index >= 15 is 0 Å². The van der Waals surface area contributed by atoms with Crippen LogP contribution in [-0.2, 0) is 22.6 Å². The van der Waals surface area contributed by atoms with Crippen LogP contribution < -0.4 is 0 Å². The number of hydrogen-bond acceptors (Lipinski definition) is 7. The van der Waals surface area contributed by atoms with Gasteiger partial charge >= 0.3 is 0 Å². The van der Waals surface area contributed by atoms with Crippen molar-refractivity contribution in [2.24, 2.45) is 5.41 Å². The SMILES string of the molecule is Cc1noc(C)c1CN1CCOC[C@@]2(CC(=O)N(Cc3cncs3)C2)C1. The number of aromatic nitrogens is 2. The Balaban J connectivity index is 1.48. The van der Waals surface area contributed by atoms with E-state index in [0.29, 0.717) is 26.2 Å². The number of thiazole rings is 1. The number of ether oxygens (including phenoxy) is 1. The van der Waals surface area contributed by atoms with E-state index in [4.69, 9.17) is 9.26 Å². The lowest BCUT2D eigenvalue weighted by atomic mass is 9.87. The van der Waals surface area contributed by atoms with Crippen molar-refractivity contribution in [3.8, 4) is 0 Å². The molecule has 7 nitrogen and oxygen atoms in total. The van der Waals surface area contributed by atoms with Crippen LogP contribution in [0.25, 0.3) is 0 Å². The predicted octanol–water partition coefficient (Wildman–Crippen LogP) is 2.00. The van der Waals surface area contributed by atoms with Gasteiger partial charge in [-0.05, 0) is 13.8 Å². The molecule has 2 aliphatic heterocycles. The fourth-order valence-corrected chi connectivity index (χ4v) is 4.61. The summed E-state index contributed by atoms with van der Waals surface area (Å²) in [6.45, 7) is 9.13. The zero-order chi connectivity index (χ0) is 18.1. The third-order valence-corrected chi connectivity index (χ3v) is 6.08. The summed E-state index contributed by atoms with van der Waals surface area (Å²) in [6, 6.07) is 0. The minimum absolute atomic E-state index is 0.142. The molecule has 0 aromatic carbocycles. The molecule has 2 aliphatic rings. The molecule has 2 aromatic heterocycles. The Morgan fingerprint density at radius 3 is 2.92 bits per heavy atom. The molecule has 0 bridgehead atoms. The van der Waals surface area contributed by atoms with E-state index in [1.165, 1.54) is 0 Å². The minimum Gasteiger partial charge on any atom is -0.379 e. The van der Waals surface area contributed by atoms with Gasteiger partial charge in [0.05, 0.1) is 31.0 Å². The van der Waals surface area contributed by atoms with Gasteiger partial charge in [-0.25, -0.2) is 0 Å². The normalized spacial score (nSPS) is 24.5. The molecular weight excluding hydrogens is 352 g/mol. The molecule has 0 N–H and O–H groups in total. The average Bonchev–Trinajstić information content (AvgIpc) is 3.25. The Bertz CT molecular complexity index is 756. The van der Waals surface area contributed by atoms with Gasteiger partial charge in [0.15, 0.2) is 0 Å². The lowest BCUT2D eigenvalue weighted by molar-refractivity contribution is -0.128. The van der Waals surface area contributed by atoms with Crippen LogP contribution in [0, 0.1) is 19.3 Å². The molecule has 26 heavy (non-hydrogen) atoms. The van der Waals surface area contributed by atoms with E-state index in [1.54, 1.807) is 11.3 Å². The van der Waals surface area contributed by atoms with E-state index in [1.807, 2.05) is 30.5 Å². The van der Waals surface area contributed by atoms with Crippen LogP contribution in [0.15, 0.2) is 16.2 Å². The van der Waals surface area contributed by atoms with Crippen molar-refractivity contribution in [1.29, 1.82) is 0 Å². The fourth-order valence-electron chi connectivity index (χ4n) is 4.00. The molecule has 4 rings (SSSR count). The molecule has 8 heteroatoms. The predicted molar refractivity (Wildman–Crippen MR) is 96.7 cm³/mol. The molecule has 1 amide bonds. The molecule has 0 radical (unpaired) electrons. The molecule has 4 heterocycles. The second kappa shape index (κ2) is 7.09. The number of likely N-dealkylation sites (tertiary alicyclic amines) is 1. The van der Waals surface area contributed by atoms with Crippen molar-refractivity contribution in [3.05, 3.63) is 33.6 Å². The van der Waals surface area contributed by atoms with Crippen molar-refractivity contribution in [3.63, 3.8) is 0 Å². The molecule has 1 atom stereocenters. The highest BCUT2D eigenvalue weighted by atomic mass is 32.1. The highest BCUT2D eigenvalue weighted by molar-refractivity contribution is 7.09. The van der Waals surface area contributed by atoms with Crippen LogP contribution in [0.5, 0.6) is 0 Å². The molecule has 1 spiro atoms. The summed E-state index contributed by atoms with van der Waals surface area (Å²) in [5, 5.41) is 4.06. The first kappa shape index (κ1) is 17.6. The largest absolute Gasteiger partial charge is 0.379 e. The Morgan fingerprint density at radius 2 is 2.19 bits per heavy atom.